The average Bonchev–Trinajstić information content (AvgIpc) is 2.37. The van der Waals surface area contributed by atoms with Gasteiger partial charge in [0.15, 0.2) is 0 Å². The summed E-state index contributed by atoms with van der Waals surface area (Å²) in [5.41, 5.74) is 6.35. The van der Waals surface area contributed by atoms with Crippen molar-refractivity contribution in [1.29, 1.82) is 0 Å². The maximum atomic E-state index is 12.4. The second-order valence-corrected chi connectivity index (χ2v) is 7.10. The molecule has 2 aromatic carbocycles. The minimum absolute atomic E-state index is 0.0201. The van der Waals surface area contributed by atoms with Crippen molar-refractivity contribution in [3.05, 3.63) is 57.0 Å². The van der Waals surface area contributed by atoms with Crippen molar-refractivity contribution in [2.24, 2.45) is 5.73 Å². The number of anilines is 1. The van der Waals surface area contributed by atoms with Crippen LogP contribution in [0, 0.1) is 0 Å². The lowest BCUT2D eigenvalue weighted by atomic mass is 10.2. The molecule has 3 N–H and O–H groups in total. The van der Waals surface area contributed by atoms with E-state index in [2.05, 4.69) is 4.72 Å². The van der Waals surface area contributed by atoms with E-state index in [4.69, 9.17) is 40.5 Å². The number of nitrogens with two attached hydrogens (primary N) is 1. The summed E-state index contributed by atoms with van der Waals surface area (Å²) in [5, 5.41) is 0.760. The van der Waals surface area contributed by atoms with Gasteiger partial charge in [-0.15, -0.1) is 0 Å². The van der Waals surface area contributed by atoms with Gasteiger partial charge in [-0.25, -0.2) is 8.42 Å². The summed E-state index contributed by atoms with van der Waals surface area (Å²) < 4.78 is 27.2. The van der Waals surface area contributed by atoms with Crippen LogP contribution >= 0.6 is 34.8 Å². The first kappa shape index (κ1) is 16.4. The van der Waals surface area contributed by atoms with Crippen LogP contribution in [-0.2, 0) is 16.6 Å². The molecule has 0 saturated carbocycles. The van der Waals surface area contributed by atoms with Gasteiger partial charge < -0.3 is 5.73 Å². The first-order chi connectivity index (χ1) is 9.83. The highest BCUT2D eigenvalue weighted by Crippen LogP contribution is 2.30. The van der Waals surface area contributed by atoms with Crippen LogP contribution < -0.4 is 10.5 Å². The molecule has 0 unspecified atom stereocenters. The van der Waals surface area contributed by atoms with Gasteiger partial charge in [0.1, 0.15) is 4.90 Å². The van der Waals surface area contributed by atoms with E-state index in [-0.39, 0.29) is 16.5 Å². The van der Waals surface area contributed by atoms with E-state index < -0.39 is 10.0 Å². The van der Waals surface area contributed by atoms with Crippen molar-refractivity contribution in [1.82, 2.24) is 0 Å². The molecule has 0 fully saturated rings. The SMILES string of the molecule is NCc1cc(S(=O)(=O)Nc2cccc(Cl)c2)c(Cl)cc1Cl. The lowest BCUT2D eigenvalue weighted by molar-refractivity contribution is 0.601. The smallest absolute Gasteiger partial charge is 0.263 e. The van der Waals surface area contributed by atoms with Gasteiger partial charge in [-0.2, -0.15) is 0 Å². The van der Waals surface area contributed by atoms with E-state index in [1.807, 2.05) is 0 Å². The molecule has 2 rings (SSSR count). The Morgan fingerprint density at radius 1 is 1.05 bits per heavy atom. The Hall–Kier alpha value is -0.980. The summed E-state index contributed by atoms with van der Waals surface area (Å²) in [6.07, 6.45) is 0. The molecule has 0 heterocycles. The number of nitrogens with one attached hydrogen (secondary N) is 1. The molecule has 0 amide bonds. The number of hydrogen-bond acceptors (Lipinski definition) is 3. The summed E-state index contributed by atoms with van der Waals surface area (Å²) >= 11 is 17.7. The molecular weight excluding hydrogens is 355 g/mol. The monoisotopic (exact) mass is 364 g/mol. The van der Waals surface area contributed by atoms with Gasteiger partial charge >= 0.3 is 0 Å². The van der Waals surface area contributed by atoms with Gasteiger partial charge in [-0.3, -0.25) is 4.72 Å². The van der Waals surface area contributed by atoms with Crippen LogP contribution in [0.2, 0.25) is 15.1 Å². The molecule has 0 saturated heterocycles. The Morgan fingerprint density at radius 2 is 1.76 bits per heavy atom. The molecule has 0 aromatic heterocycles. The van der Waals surface area contributed by atoms with Crippen LogP contribution in [0.15, 0.2) is 41.3 Å². The predicted octanol–water partition coefficient (Wildman–Crippen LogP) is 3.91. The van der Waals surface area contributed by atoms with Crippen molar-refractivity contribution in [2.75, 3.05) is 4.72 Å². The number of halogens is 3. The van der Waals surface area contributed by atoms with Gasteiger partial charge in [-0.1, -0.05) is 40.9 Å². The Labute approximate surface area is 137 Å². The van der Waals surface area contributed by atoms with E-state index in [1.54, 1.807) is 18.2 Å². The molecule has 4 nitrogen and oxygen atoms in total. The molecule has 0 aliphatic carbocycles. The number of rotatable bonds is 4. The predicted molar refractivity (Wildman–Crippen MR) is 86.6 cm³/mol. The standard InChI is InChI=1S/C13H11Cl3N2O2S/c14-9-2-1-3-10(5-9)18-21(19,20)13-4-8(7-17)11(15)6-12(13)16/h1-6,18H,7,17H2. The first-order valence-corrected chi connectivity index (χ1v) is 8.41. The van der Waals surface area contributed by atoms with Crippen molar-refractivity contribution in [3.63, 3.8) is 0 Å². The Morgan fingerprint density at radius 3 is 2.38 bits per heavy atom. The van der Waals surface area contributed by atoms with Crippen LogP contribution in [0.5, 0.6) is 0 Å². The lowest BCUT2D eigenvalue weighted by Gasteiger charge is -2.12. The van der Waals surface area contributed by atoms with Crippen LogP contribution in [0.1, 0.15) is 5.56 Å². The van der Waals surface area contributed by atoms with Crippen LogP contribution in [0.4, 0.5) is 5.69 Å². The van der Waals surface area contributed by atoms with Crippen LogP contribution in [-0.4, -0.2) is 8.42 Å². The largest absolute Gasteiger partial charge is 0.326 e. The minimum Gasteiger partial charge on any atom is -0.326 e. The molecule has 2 aromatic rings. The van der Waals surface area contributed by atoms with Gasteiger partial charge in [0.25, 0.3) is 10.0 Å². The van der Waals surface area contributed by atoms with E-state index in [9.17, 15) is 8.42 Å². The van der Waals surface area contributed by atoms with Crippen LogP contribution in [0.25, 0.3) is 0 Å². The molecule has 0 radical (unpaired) electrons. The molecule has 0 atom stereocenters. The van der Waals surface area contributed by atoms with E-state index in [0.717, 1.165) is 0 Å². The second-order valence-electron chi connectivity index (χ2n) is 4.19. The van der Waals surface area contributed by atoms with Gasteiger partial charge in [0.05, 0.1) is 10.7 Å². The zero-order valence-corrected chi connectivity index (χ0v) is 13.7. The number of hydrogen-bond donors (Lipinski definition) is 2. The second kappa shape index (κ2) is 6.42. The third-order valence-corrected chi connectivity index (χ3v) is 5.12. The normalized spacial score (nSPS) is 11.4. The van der Waals surface area contributed by atoms with Crippen molar-refractivity contribution >= 4 is 50.5 Å². The summed E-state index contributed by atoms with van der Waals surface area (Å²) in [6, 6.07) is 9.06. The highest BCUT2D eigenvalue weighted by molar-refractivity contribution is 7.92. The Kier molecular flexibility index (Phi) is 5.01. The van der Waals surface area contributed by atoms with Crippen molar-refractivity contribution in [2.45, 2.75) is 11.4 Å². The molecule has 0 spiro atoms. The summed E-state index contributed by atoms with van der Waals surface area (Å²) in [7, 11) is -3.86. The zero-order chi connectivity index (χ0) is 15.6. The molecule has 112 valence electrons. The fourth-order valence-electron chi connectivity index (χ4n) is 1.70. The Bertz CT molecular complexity index is 779. The van der Waals surface area contributed by atoms with Crippen molar-refractivity contribution in [3.8, 4) is 0 Å². The Balaban J connectivity index is 2.44. The highest BCUT2D eigenvalue weighted by atomic mass is 35.5. The summed E-state index contributed by atoms with van der Waals surface area (Å²) in [4.78, 5) is -0.0889. The highest BCUT2D eigenvalue weighted by Gasteiger charge is 2.20. The third kappa shape index (κ3) is 3.81. The van der Waals surface area contributed by atoms with E-state index in [1.165, 1.54) is 18.2 Å². The molecule has 0 bridgehead atoms. The first-order valence-electron chi connectivity index (χ1n) is 5.80. The van der Waals surface area contributed by atoms with E-state index >= 15 is 0 Å². The fraction of sp³-hybridized carbons (Fsp3) is 0.0769. The quantitative estimate of drug-likeness (QED) is 0.863. The lowest BCUT2D eigenvalue weighted by Crippen LogP contribution is -2.14. The molecule has 0 aliphatic heterocycles. The number of sulfonamides is 1. The topological polar surface area (TPSA) is 72.2 Å². The van der Waals surface area contributed by atoms with Crippen LogP contribution in [0.3, 0.4) is 0 Å². The zero-order valence-electron chi connectivity index (χ0n) is 10.6. The third-order valence-electron chi connectivity index (χ3n) is 2.69. The molecule has 8 heteroatoms. The molecule has 0 aliphatic rings. The summed E-state index contributed by atoms with van der Waals surface area (Å²) in [5.74, 6) is 0. The van der Waals surface area contributed by atoms with Gasteiger partial charge in [0, 0.05) is 16.6 Å². The van der Waals surface area contributed by atoms with Crippen molar-refractivity contribution < 1.29 is 8.42 Å². The summed E-state index contributed by atoms with van der Waals surface area (Å²) in [6.45, 7) is 0.107. The maximum absolute atomic E-state index is 12.4. The fourth-order valence-corrected chi connectivity index (χ4v) is 3.81. The average molecular weight is 366 g/mol. The van der Waals surface area contributed by atoms with Gasteiger partial charge in [-0.05, 0) is 35.9 Å². The molecule has 21 heavy (non-hydrogen) atoms. The van der Waals surface area contributed by atoms with E-state index in [0.29, 0.717) is 21.3 Å². The minimum atomic E-state index is -3.86. The maximum Gasteiger partial charge on any atom is 0.263 e. The molecular formula is C13H11Cl3N2O2S. The van der Waals surface area contributed by atoms with Gasteiger partial charge in [0.2, 0.25) is 0 Å². The number of benzene rings is 2.